The van der Waals surface area contributed by atoms with E-state index in [2.05, 4.69) is 4.90 Å². The van der Waals surface area contributed by atoms with Crippen molar-refractivity contribution in [2.75, 3.05) is 27.2 Å². The number of carbonyl (C=O) groups is 1. The van der Waals surface area contributed by atoms with E-state index in [-0.39, 0.29) is 5.97 Å². The number of nitrogens with zero attached hydrogens (tertiary/aromatic N) is 1. The molecule has 1 aliphatic carbocycles. The van der Waals surface area contributed by atoms with Gasteiger partial charge in [-0.1, -0.05) is 6.42 Å². The van der Waals surface area contributed by atoms with Crippen LogP contribution < -0.4 is 0 Å². The van der Waals surface area contributed by atoms with Gasteiger partial charge in [-0.2, -0.15) is 0 Å². The Kier molecular flexibility index (Phi) is 2.51. The molecule has 0 radical (unpaired) electrons. The third kappa shape index (κ3) is 1.39. The summed E-state index contributed by atoms with van der Waals surface area (Å²) in [4.78, 5) is 13.9. The molecule has 4 nitrogen and oxygen atoms in total. The van der Waals surface area contributed by atoms with Crippen LogP contribution in [-0.2, 0) is 9.53 Å². The second-order valence-corrected chi connectivity index (χ2v) is 4.95. The Hall–Kier alpha value is -0.610. The highest BCUT2D eigenvalue weighted by Gasteiger charge is 2.61. The van der Waals surface area contributed by atoms with E-state index in [4.69, 9.17) is 4.74 Å². The molecule has 1 unspecified atom stereocenters. The van der Waals surface area contributed by atoms with Crippen LogP contribution in [0.3, 0.4) is 0 Å². The number of rotatable bonds is 2. The first-order chi connectivity index (χ1) is 7.04. The first kappa shape index (κ1) is 10.9. The fourth-order valence-corrected chi connectivity index (χ4v) is 2.96. The predicted molar refractivity (Wildman–Crippen MR) is 55.4 cm³/mol. The van der Waals surface area contributed by atoms with Gasteiger partial charge in [-0.15, -0.1) is 0 Å². The van der Waals surface area contributed by atoms with Crippen molar-refractivity contribution in [2.24, 2.45) is 5.41 Å². The van der Waals surface area contributed by atoms with Crippen molar-refractivity contribution in [2.45, 2.75) is 31.3 Å². The van der Waals surface area contributed by atoms with Gasteiger partial charge in [-0.25, -0.2) is 0 Å². The third-order valence-electron chi connectivity index (χ3n) is 4.11. The average Bonchev–Trinajstić information content (AvgIpc) is 2.44. The molecule has 1 saturated carbocycles. The van der Waals surface area contributed by atoms with Crippen LogP contribution in [0.1, 0.15) is 25.7 Å². The molecule has 86 valence electrons. The Bertz CT molecular complexity index is 275. The first-order valence-corrected chi connectivity index (χ1v) is 5.53. The molecular formula is C11H19NO3. The molecule has 4 heteroatoms. The molecule has 1 aliphatic heterocycles. The van der Waals surface area contributed by atoms with E-state index in [0.29, 0.717) is 13.0 Å². The third-order valence-corrected chi connectivity index (χ3v) is 4.11. The molecule has 0 aromatic rings. The van der Waals surface area contributed by atoms with E-state index in [1.54, 1.807) is 0 Å². The van der Waals surface area contributed by atoms with Crippen molar-refractivity contribution in [1.29, 1.82) is 0 Å². The summed E-state index contributed by atoms with van der Waals surface area (Å²) >= 11 is 0. The van der Waals surface area contributed by atoms with Gasteiger partial charge < -0.3 is 14.7 Å². The smallest absolute Gasteiger partial charge is 0.314 e. The molecule has 15 heavy (non-hydrogen) atoms. The number of carbonyl (C=O) groups excluding carboxylic acids is 1. The maximum Gasteiger partial charge on any atom is 0.314 e. The van der Waals surface area contributed by atoms with Gasteiger partial charge in [0.05, 0.1) is 18.1 Å². The number of esters is 1. The second kappa shape index (κ2) is 3.46. The van der Waals surface area contributed by atoms with E-state index >= 15 is 0 Å². The number of methoxy groups -OCH3 is 1. The van der Waals surface area contributed by atoms with Crippen LogP contribution in [0.2, 0.25) is 0 Å². The highest BCUT2D eigenvalue weighted by atomic mass is 16.5. The minimum Gasteiger partial charge on any atom is -0.469 e. The molecule has 1 saturated heterocycles. The fourth-order valence-electron chi connectivity index (χ4n) is 2.96. The number of likely N-dealkylation sites (N-methyl/N-ethyl adjacent to an activating group) is 1. The van der Waals surface area contributed by atoms with Gasteiger partial charge in [-0.05, 0) is 26.3 Å². The van der Waals surface area contributed by atoms with Crippen molar-refractivity contribution >= 4 is 5.97 Å². The number of ether oxygens (including phenoxy) is 1. The Balaban J connectivity index is 2.22. The summed E-state index contributed by atoms with van der Waals surface area (Å²) in [6.45, 7) is 1.44. The maximum atomic E-state index is 11.8. The summed E-state index contributed by atoms with van der Waals surface area (Å²) < 4.78 is 4.85. The second-order valence-electron chi connectivity index (χ2n) is 4.95. The fraction of sp³-hybridized carbons (Fsp3) is 0.909. The van der Waals surface area contributed by atoms with Crippen molar-refractivity contribution < 1.29 is 14.6 Å². The molecule has 2 rings (SSSR count). The lowest BCUT2D eigenvalue weighted by molar-refractivity contribution is -0.185. The van der Waals surface area contributed by atoms with E-state index in [0.717, 1.165) is 25.8 Å². The van der Waals surface area contributed by atoms with Crippen LogP contribution in [0.15, 0.2) is 0 Å². The molecule has 0 spiro atoms. The number of β-amino-alcohol motifs (C(OH)–C–C–N with tert-alkyl or cyclic N) is 1. The van der Waals surface area contributed by atoms with Gasteiger partial charge in [0, 0.05) is 13.1 Å². The Labute approximate surface area is 90.2 Å². The molecule has 0 bridgehead atoms. The zero-order valence-corrected chi connectivity index (χ0v) is 9.45. The molecule has 1 N–H and O–H groups in total. The summed E-state index contributed by atoms with van der Waals surface area (Å²) in [5, 5.41) is 10.6. The zero-order valence-electron chi connectivity index (χ0n) is 9.45. The Morgan fingerprint density at radius 3 is 2.40 bits per heavy atom. The molecule has 1 heterocycles. The lowest BCUT2D eigenvalue weighted by Gasteiger charge is -2.48. The lowest BCUT2D eigenvalue weighted by Crippen LogP contribution is -2.58. The number of aliphatic hydroxyl groups is 1. The van der Waals surface area contributed by atoms with Crippen LogP contribution in [0.5, 0.6) is 0 Å². The van der Waals surface area contributed by atoms with Crippen molar-refractivity contribution in [3.63, 3.8) is 0 Å². The quantitative estimate of drug-likeness (QED) is 0.674. The average molecular weight is 213 g/mol. The first-order valence-electron chi connectivity index (χ1n) is 5.53. The van der Waals surface area contributed by atoms with Crippen LogP contribution in [0, 0.1) is 5.41 Å². The summed E-state index contributed by atoms with van der Waals surface area (Å²) in [7, 11) is 3.38. The van der Waals surface area contributed by atoms with E-state index < -0.39 is 11.0 Å². The Morgan fingerprint density at radius 1 is 1.40 bits per heavy atom. The lowest BCUT2D eigenvalue weighted by atomic mass is 9.58. The summed E-state index contributed by atoms with van der Waals surface area (Å²) in [6.07, 6.45) is 3.23. The SMILES string of the molecule is COC(=O)C1(C2(O)CCN(C)C2)CCC1. The molecule has 2 aliphatic rings. The minimum absolute atomic E-state index is 0.230. The standard InChI is InChI=1S/C11H19NO3/c1-12-7-6-11(14,8-12)10(4-3-5-10)9(13)15-2/h14H,3-8H2,1-2H3. The molecule has 1 atom stereocenters. The molecular weight excluding hydrogens is 194 g/mol. The van der Waals surface area contributed by atoms with Crippen LogP contribution >= 0.6 is 0 Å². The van der Waals surface area contributed by atoms with Gasteiger partial charge in [0.1, 0.15) is 0 Å². The summed E-state index contributed by atoms with van der Waals surface area (Å²) in [5.74, 6) is -0.230. The van der Waals surface area contributed by atoms with E-state index in [1.165, 1.54) is 7.11 Å². The maximum absolute atomic E-state index is 11.8. The van der Waals surface area contributed by atoms with Crippen molar-refractivity contribution in [3.05, 3.63) is 0 Å². The van der Waals surface area contributed by atoms with Gasteiger partial charge in [0.25, 0.3) is 0 Å². The highest BCUT2D eigenvalue weighted by Crippen LogP contribution is 2.53. The highest BCUT2D eigenvalue weighted by molar-refractivity contribution is 5.79. The largest absolute Gasteiger partial charge is 0.469 e. The van der Waals surface area contributed by atoms with Gasteiger partial charge in [0.2, 0.25) is 0 Å². The van der Waals surface area contributed by atoms with Gasteiger partial charge in [0.15, 0.2) is 0 Å². The number of hydrogen-bond acceptors (Lipinski definition) is 4. The van der Waals surface area contributed by atoms with E-state index in [9.17, 15) is 9.90 Å². The predicted octanol–water partition coefficient (Wildman–Crippen LogP) is 0.396. The molecule has 0 aromatic heterocycles. The summed E-state index contributed by atoms with van der Waals surface area (Å²) in [5.41, 5.74) is -1.49. The van der Waals surface area contributed by atoms with Crippen LogP contribution in [0.25, 0.3) is 0 Å². The molecule has 2 fully saturated rings. The minimum atomic E-state index is -0.868. The monoisotopic (exact) mass is 213 g/mol. The number of likely N-dealkylation sites (tertiary alicyclic amines) is 1. The van der Waals surface area contributed by atoms with Crippen LogP contribution in [-0.4, -0.2) is 48.8 Å². The van der Waals surface area contributed by atoms with Gasteiger partial charge in [-0.3, -0.25) is 4.79 Å². The topological polar surface area (TPSA) is 49.8 Å². The van der Waals surface area contributed by atoms with Gasteiger partial charge >= 0.3 is 5.97 Å². The summed E-state index contributed by atoms with van der Waals surface area (Å²) in [6, 6.07) is 0. The number of hydrogen-bond donors (Lipinski definition) is 1. The van der Waals surface area contributed by atoms with E-state index in [1.807, 2.05) is 7.05 Å². The zero-order chi connectivity index (χ0) is 11.1. The molecule has 0 aromatic carbocycles. The van der Waals surface area contributed by atoms with Crippen molar-refractivity contribution in [3.8, 4) is 0 Å². The molecule has 0 amide bonds. The Morgan fingerprint density at radius 2 is 2.07 bits per heavy atom. The normalized spacial score (nSPS) is 34.9. The van der Waals surface area contributed by atoms with Crippen molar-refractivity contribution in [1.82, 2.24) is 4.90 Å². The van der Waals surface area contributed by atoms with Crippen LogP contribution in [0.4, 0.5) is 0 Å².